The first-order valence-corrected chi connectivity index (χ1v) is 7.20. The lowest BCUT2D eigenvalue weighted by molar-refractivity contribution is -0.137. The summed E-state index contributed by atoms with van der Waals surface area (Å²) in [5.74, 6) is -0.727. The molecule has 0 aliphatic carbocycles. The van der Waals surface area contributed by atoms with Crippen LogP contribution in [-0.2, 0) is 9.59 Å². The molecule has 1 rings (SSSR count). The Hall–Kier alpha value is -1.10. The van der Waals surface area contributed by atoms with E-state index in [9.17, 15) is 9.59 Å². The number of carboxylic acid groups (broad SMARTS) is 1. The van der Waals surface area contributed by atoms with Crippen LogP contribution in [0.15, 0.2) is 0 Å². The van der Waals surface area contributed by atoms with E-state index in [1.165, 1.54) is 0 Å². The average Bonchev–Trinajstić information content (AvgIpc) is 2.67. The normalized spacial score (nSPS) is 25.2. The Morgan fingerprint density at radius 2 is 1.84 bits per heavy atom. The second-order valence-corrected chi connectivity index (χ2v) is 5.54. The minimum atomic E-state index is -0.778. The van der Waals surface area contributed by atoms with Crippen molar-refractivity contribution in [3.8, 4) is 0 Å². The zero-order valence-electron chi connectivity index (χ0n) is 12.2. The van der Waals surface area contributed by atoms with Crippen LogP contribution < -0.4 is 5.32 Å². The van der Waals surface area contributed by atoms with Gasteiger partial charge >= 0.3 is 5.97 Å². The zero-order chi connectivity index (χ0) is 14.4. The molecular weight excluding hydrogens is 244 g/mol. The number of amides is 1. The van der Waals surface area contributed by atoms with Gasteiger partial charge in [-0.25, -0.2) is 0 Å². The summed E-state index contributed by atoms with van der Waals surface area (Å²) in [7, 11) is 0. The van der Waals surface area contributed by atoms with Crippen molar-refractivity contribution in [3.63, 3.8) is 0 Å². The SMILES string of the molecule is CC1CCC(C)N1C(C)C(=O)NCCCCC(=O)O. The number of nitrogens with one attached hydrogen (secondary N) is 1. The lowest BCUT2D eigenvalue weighted by Crippen LogP contribution is -2.49. The van der Waals surface area contributed by atoms with E-state index in [-0.39, 0.29) is 18.4 Å². The molecule has 0 saturated carbocycles. The quantitative estimate of drug-likeness (QED) is 0.690. The highest BCUT2D eigenvalue weighted by Crippen LogP contribution is 2.25. The highest BCUT2D eigenvalue weighted by atomic mass is 16.4. The van der Waals surface area contributed by atoms with Gasteiger partial charge in [0.05, 0.1) is 6.04 Å². The predicted octanol–water partition coefficient (Wildman–Crippen LogP) is 1.62. The molecule has 0 bridgehead atoms. The van der Waals surface area contributed by atoms with E-state index in [0.29, 0.717) is 25.0 Å². The molecule has 3 atom stereocenters. The Morgan fingerprint density at radius 1 is 1.26 bits per heavy atom. The third-order valence-electron chi connectivity index (χ3n) is 3.96. The van der Waals surface area contributed by atoms with Gasteiger partial charge in [0.15, 0.2) is 0 Å². The van der Waals surface area contributed by atoms with E-state index in [1.54, 1.807) is 0 Å². The molecule has 0 aromatic carbocycles. The van der Waals surface area contributed by atoms with Gasteiger partial charge in [-0.05, 0) is 46.5 Å². The number of hydrogen-bond donors (Lipinski definition) is 2. The van der Waals surface area contributed by atoms with E-state index in [1.807, 2.05) is 6.92 Å². The summed E-state index contributed by atoms with van der Waals surface area (Å²) < 4.78 is 0. The van der Waals surface area contributed by atoms with E-state index < -0.39 is 5.97 Å². The standard InChI is InChI=1S/C14H26N2O3/c1-10-7-8-11(2)16(10)12(3)14(19)15-9-5-4-6-13(17)18/h10-12H,4-9H2,1-3H3,(H,15,19)(H,17,18). The smallest absolute Gasteiger partial charge is 0.303 e. The van der Waals surface area contributed by atoms with E-state index in [2.05, 4.69) is 24.1 Å². The first kappa shape index (κ1) is 16.0. The fourth-order valence-electron chi connectivity index (χ4n) is 2.87. The van der Waals surface area contributed by atoms with Crippen molar-refractivity contribution < 1.29 is 14.7 Å². The summed E-state index contributed by atoms with van der Waals surface area (Å²) in [6, 6.07) is 0.817. The molecule has 1 aliphatic heterocycles. The van der Waals surface area contributed by atoms with Gasteiger partial charge in [-0.1, -0.05) is 0 Å². The number of hydrogen-bond acceptors (Lipinski definition) is 3. The lowest BCUT2D eigenvalue weighted by atomic mass is 10.2. The number of unbranched alkanes of at least 4 members (excludes halogenated alkanes) is 1. The van der Waals surface area contributed by atoms with Crippen LogP contribution in [0, 0.1) is 0 Å². The number of likely N-dealkylation sites (tertiary alicyclic amines) is 1. The van der Waals surface area contributed by atoms with E-state index in [0.717, 1.165) is 19.3 Å². The highest BCUT2D eigenvalue weighted by molar-refractivity contribution is 5.81. The number of rotatable bonds is 7. The highest BCUT2D eigenvalue weighted by Gasteiger charge is 2.33. The lowest BCUT2D eigenvalue weighted by Gasteiger charge is -2.31. The van der Waals surface area contributed by atoms with Crippen molar-refractivity contribution in [2.24, 2.45) is 0 Å². The number of carbonyl (C=O) groups excluding carboxylic acids is 1. The second kappa shape index (κ2) is 7.48. The van der Waals surface area contributed by atoms with Gasteiger partial charge in [0.2, 0.25) is 5.91 Å². The molecule has 1 fully saturated rings. The minimum Gasteiger partial charge on any atom is -0.481 e. The maximum Gasteiger partial charge on any atom is 0.303 e. The van der Waals surface area contributed by atoms with Crippen LogP contribution in [0.25, 0.3) is 0 Å². The van der Waals surface area contributed by atoms with Crippen LogP contribution in [0.4, 0.5) is 0 Å². The molecule has 2 N–H and O–H groups in total. The Labute approximate surface area is 115 Å². The van der Waals surface area contributed by atoms with Crippen molar-refractivity contribution in [2.75, 3.05) is 6.54 Å². The first-order chi connectivity index (χ1) is 8.93. The molecule has 1 heterocycles. The first-order valence-electron chi connectivity index (χ1n) is 7.20. The van der Waals surface area contributed by atoms with Crippen LogP contribution >= 0.6 is 0 Å². The van der Waals surface area contributed by atoms with Gasteiger partial charge in [0, 0.05) is 25.0 Å². The van der Waals surface area contributed by atoms with Crippen LogP contribution in [0.1, 0.15) is 52.9 Å². The maximum absolute atomic E-state index is 12.0. The van der Waals surface area contributed by atoms with Crippen molar-refractivity contribution in [1.82, 2.24) is 10.2 Å². The van der Waals surface area contributed by atoms with Gasteiger partial charge in [0.25, 0.3) is 0 Å². The Kier molecular flexibility index (Phi) is 6.28. The Bertz CT molecular complexity index is 310. The summed E-state index contributed by atoms with van der Waals surface area (Å²) in [6.45, 7) is 6.85. The molecule has 1 aliphatic rings. The topological polar surface area (TPSA) is 69.6 Å². The summed E-state index contributed by atoms with van der Waals surface area (Å²) >= 11 is 0. The number of aliphatic carboxylic acids is 1. The molecule has 5 nitrogen and oxygen atoms in total. The van der Waals surface area contributed by atoms with Crippen LogP contribution in [-0.4, -0.2) is 46.6 Å². The average molecular weight is 270 g/mol. The van der Waals surface area contributed by atoms with Gasteiger partial charge in [-0.2, -0.15) is 0 Å². The number of carbonyl (C=O) groups is 2. The zero-order valence-corrected chi connectivity index (χ0v) is 12.2. The summed E-state index contributed by atoms with van der Waals surface area (Å²) in [6.07, 6.45) is 3.80. The molecule has 0 aromatic heterocycles. The van der Waals surface area contributed by atoms with Crippen LogP contribution in [0.2, 0.25) is 0 Å². The molecule has 0 spiro atoms. The molecule has 3 unspecified atom stereocenters. The molecule has 19 heavy (non-hydrogen) atoms. The molecule has 0 radical (unpaired) electrons. The summed E-state index contributed by atoms with van der Waals surface area (Å²) in [4.78, 5) is 24.7. The van der Waals surface area contributed by atoms with Gasteiger partial charge in [-0.3, -0.25) is 14.5 Å². The number of nitrogens with zero attached hydrogens (tertiary/aromatic N) is 1. The van der Waals surface area contributed by atoms with Crippen molar-refractivity contribution in [3.05, 3.63) is 0 Å². The van der Waals surface area contributed by atoms with E-state index >= 15 is 0 Å². The fourth-order valence-corrected chi connectivity index (χ4v) is 2.87. The largest absolute Gasteiger partial charge is 0.481 e. The van der Waals surface area contributed by atoms with E-state index in [4.69, 9.17) is 5.11 Å². The summed E-state index contributed by atoms with van der Waals surface area (Å²) in [5.41, 5.74) is 0. The third-order valence-corrected chi connectivity index (χ3v) is 3.96. The molecule has 1 saturated heterocycles. The molecule has 110 valence electrons. The summed E-state index contributed by atoms with van der Waals surface area (Å²) in [5, 5.41) is 11.4. The minimum absolute atomic E-state index is 0.0518. The van der Waals surface area contributed by atoms with Gasteiger partial charge < -0.3 is 10.4 Å². The maximum atomic E-state index is 12.0. The van der Waals surface area contributed by atoms with Crippen molar-refractivity contribution >= 4 is 11.9 Å². The van der Waals surface area contributed by atoms with Crippen molar-refractivity contribution in [2.45, 2.75) is 71.0 Å². The molecule has 1 amide bonds. The van der Waals surface area contributed by atoms with Gasteiger partial charge in [-0.15, -0.1) is 0 Å². The molecule has 0 aromatic rings. The fraction of sp³-hybridized carbons (Fsp3) is 0.857. The monoisotopic (exact) mass is 270 g/mol. The second-order valence-electron chi connectivity index (χ2n) is 5.54. The third kappa shape index (κ3) is 4.82. The molecule has 5 heteroatoms. The van der Waals surface area contributed by atoms with Crippen LogP contribution in [0.3, 0.4) is 0 Å². The number of carboxylic acids is 1. The van der Waals surface area contributed by atoms with Crippen molar-refractivity contribution in [1.29, 1.82) is 0 Å². The Balaban J connectivity index is 2.27. The predicted molar refractivity (Wildman–Crippen MR) is 74.0 cm³/mol. The van der Waals surface area contributed by atoms with Gasteiger partial charge in [0.1, 0.15) is 0 Å². The Morgan fingerprint density at radius 3 is 2.37 bits per heavy atom. The molecular formula is C14H26N2O3. The van der Waals surface area contributed by atoms with Crippen LogP contribution in [0.5, 0.6) is 0 Å².